The summed E-state index contributed by atoms with van der Waals surface area (Å²) in [7, 11) is -3.34. The van der Waals surface area contributed by atoms with Crippen molar-refractivity contribution in [2.24, 2.45) is 0 Å². The predicted molar refractivity (Wildman–Crippen MR) is 112 cm³/mol. The lowest BCUT2D eigenvalue weighted by molar-refractivity contribution is -0.121. The number of furan rings is 1. The van der Waals surface area contributed by atoms with Gasteiger partial charge in [-0.3, -0.25) is 4.79 Å². The van der Waals surface area contributed by atoms with Crippen molar-refractivity contribution >= 4 is 27.1 Å². The van der Waals surface area contributed by atoms with Crippen molar-refractivity contribution in [3.05, 3.63) is 76.4 Å². The maximum atomic E-state index is 12.4. The summed E-state index contributed by atoms with van der Waals surface area (Å²) in [5.74, 6) is 0.0644. The average Bonchev–Trinajstić information content (AvgIpc) is 3.40. The second-order valence-corrected chi connectivity index (χ2v) is 10.5. The van der Waals surface area contributed by atoms with Crippen LogP contribution in [0.2, 0.25) is 0 Å². The van der Waals surface area contributed by atoms with Gasteiger partial charge in [-0.15, -0.1) is 11.3 Å². The van der Waals surface area contributed by atoms with Crippen LogP contribution in [0.3, 0.4) is 0 Å². The van der Waals surface area contributed by atoms with Gasteiger partial charge in [0.25, 0.3) is 0 Å². The van der Waals surface area contributed by atoms with E-state index >= 15 is 0 Å². The molecule has 154 valence electrons. The Morgan fingerprint density at radius 2 is 1.90 bits per heavy atom. The monoisotopic (exact) mass is 433 g/mol. The highest BCUT2D eigenvalue weighted by Gasteiger charge is 2.36. The zero-order chi connectivity index (χ0) is 21.1. The van der Waals surface area contributed by atoms with Crippen LogP contribution < -0.4 is 5.32 Å². The van der Waals surface area contributed by atoms with Crippen LogP contribution >= 0.6 is 11.3 Å². The molecule has 3 aromatic rings. The molecule has 0 bridgehead atoms. The number of sulfone groups is 1. The van der Waals surface area contributed by atoms with Crippen LogP contribution in [0.1, 0.15) is 30.0 Å². The highest BCUT2D eigenvalue weighted by molar-refractivity contribution is 7.92. The van der Waals surface area contributed by atoms with Gasteiger partial charge in [0.2, 0.25) is 5.91 Å². The minimum atomic E-state index is -3.34. The Morgan fingerprint density at radius 3 is 2.45 bits per heavy atom. The standard InChI is InChI=1S/C21H23NO5S2/c1-15(2)29(25,26)17-9-7-16(8-10-17)13-20(23)22-14-21(24,18-5-3-11-27-18)19-6-4-12-28-19/h3-12,15,24H,13-14H2,1-2H3,(H,22,23). The van der Waals surface area contributed by atoms with Crippen molar-refractivity contribution in [3.8, 4) is 0 Å². The largest absolute Gasteiger partial charge is 0.466 e. The molecule has 0 saturated carbocycles. The molecule has 0 aliphatic carbocycles. The first-order valence-corrected chi connectivity index (χ1v) is 11.6. The first-order chi connectivity index (χ1) is 13.7. The molecule has 8 heteroatoms. The van der Waals surface area contributed by atoms with Crippen LogP contribution in [-0.4, -0.2) is 31.2 Å². The van der Waals surface area contributed by atoms with Crippen molar-refractivity contribution in [1.82, 2.24) is 5.32 Å². The van der Waals surface area contributed by atoms with Crippen molar-refractivity contribution in [3.63, 3.8) is 0 Å². The van der Waals surface area contributed by atoms with E-state index in [-0.39, 0.29) is 23.8 Å². The molecule has 2 N–H and O–H groups in total. The lowest BCUT2D eigenvalue weighted by atomic mass is 9.98. The molecule has 1 aromatic carbocycles. The van der Waals surface area contributed by atoms with Crippen LogP contribution in [0.25, 0.3) is 0 Å². The highest BCUT2D eigenvalue weighted by Crippen LogP contribution is 2.32. The lowest BCUT2D eigenvalue weighted by Gasteiger charge is -2.25. The van der Waals surface area contributed by atoms with Gasteiger partial charge in [-0.25, -0.2) is 8.42 Å². The molecule has 1 amide bonds. The number of hydrogen-bond donors (Lipinski definition) is 2. The van der Waals surface area contributed by atoms with Crippen molar-refractivity contribution in [2.45, 2.75) is 36.0 Å². The van der Waals surface area contributed by atoms with Crippen molar-refractivity contribution < 1.29 is 22.7 Å². The molecule has 0 spiro atoms. The Labute approximate surface area is 174 Å². The second-order valence-electron chi connectivity index (χ2n) is 7.01. The third-order valence-corrected chi connectivity index (χ3v) is 7.83. The summed E-state index contributed by atoms with van der Waals surface area (Å²) in [4.78, 5) is 13.3. The van der Waals surface area contributed by atoms with Gasteiger partial charge in [0.05, 0.1) is 29.4 Å². The Bertz CT molecular complexity index is 1000. The zero-order valence-electron chi connectivity index (χ0n) is 16.2. The molecule has 0 radical (unpaired) electrons. The van der Waals surface area contributed by atoms with Gasteiger partial charge in [-0.05, 0) is 55.1 Å². The first-order valence-electron chi connectivity index (χ1n) is 9.13. The van der Waals surface area contributed by atoms with Crippen LogP contribution in [0.4, 0.5) is 0 Å². The Balaban J connectivity index is 1.68. The molecule has 6 nitrogen and oxygen atoms in total. The highest BCUT2D eigenvalue weighted by atomic mass is 32.2. The Morgan fingerprint density at radius 1 is 1.17 bits per heavy atom. The van der Waals surface area contributed by atoms with E-state index in [4.69, 9.17) is 4.42 Å². The van der Waals surface area contributed by atoms with Crippen LogP contribution in [0.5, 0.6) is 0 Å². The fourth-order valence-corrected chi connectivity index (χ4v) is 4.76. The zero-order valence-corrected chi connectivity index (χ0v) is 17.8. The van der Waals surface area contributed by atoms with Crippen LogP contribution in [0, 0.1) is 0 Å². The summed E-state index contributed by atoms with van der Waals surface area (Å²) in [5, 5.41) is 15.2. The van der Waals surface area contributed by atoms with Gasteiger partial charge in [-0.1, -0.05) is 18.2 Å². The number of rotatable bonds is 8. The van der Waals surface area contributed by atoms with E-state index in [1.54, 1.807) is 44.2 Å². The van der Waals surface area contributed by atoms with E-state index in [0.29, 0.717) is 16.2 Å². The van der Waals surface area contributed by atoms with Gasteiger partial charge >= 0.3 is 0 Å². The number of thiophene rings is 1. The maximum Gasteiger partial charge on any atom is 0.224 e. The number of carbonyl (C=O) groups is 1. The average molecular weight is 434 g/mol. The van der Waals surface area contributed by atoms with E-state index in [9.17, 15) is 18.3 Å². The normalized spacial score (nSPS) is 13.9. The molecular formula is C21H23NO5S2. The van der Waals surface area contributed by atoms with E-state index in [1.807, 2.05) is 11.4 Å². The smallest absolute Gasteiger partial charge is 0.224 e. The topological polar surface area (TPSA) is 96.6 Å². The molecule has 1 atom stereocenters. The van der Waals surface area contributed by atoms with Crippen LogP contribution in [0.15, 0.2) is 69.5 Å². The number of nitrogens with one attached hydrogen (secondary N) is 1. The SMILES string of the molecule is CC(C)S(=O)(=O)c1ccc(CC(=O)NCC(O)(c2ccco2)c2cccs2)cc1. The van der Waals surface area contributed by atoms with Gasteiger partial charge in [0.15, 0.2) is 15.4 Å². The number of benzene rings is 1. The molecule has 2 aromatic heterocycles. The molecule has 0 aliphatic heterocycles. The maximum absolute atomic E-state index is 12.4. The Hall–Kier alpha value is -2.42. The Kier molecular flexibility index (Phi) is 6.26. The molecule has 0 aliphatic rings. The number of amides is 1. The third kappa shape index (κ3) is 4.60. The van der Waals surface area contributed by atoms with Gasteiger partial charge < -0.3 is 14.8 Å². The summed E-state index contributed by atoms with van der Waals surface area (Å²) in [6, 6.07) is 13.3. The summed E-state index contributed by atoms with van der Waals surface area (Å²) in [5.41, 5.74) is -0.773. The van der Waals surface area contributed by atoms with Crippen molar-refractivity contribution in [1.29, 1.82) is 0 Å². The van der Waals surface area contributed by atoms with E-state index in [2.05, 4.69) is 5.32 Å². The molecule has 29 heavy (non-hydrogen) atoms. The number of carbonyl (C=O) groups excluding carboxylic acids is 1. The number of aliphatic hydroxyl groups is 1. The molecule has 1 unspecified atom stereocenters. The minimum Gasteiger partial charge on any atom is -0.466 e. The van der Waals surface area contributed by atoms with Gasteiger partial charge in [0, 0.05) is 4.88 Å². The first kappa shape index (κ1) is 21.3. The third-order valence-electron chi connectivity index (χ3n) is 4.64. The molecule has 2 heterocycles. The molecule has 0 saturated heterocycles. The van der Waals surface area contributed by atoms with E-state index in [0.717, 1.165) is 0 Å². The van der Waals surface area contributed by atoms with Gasteiger partial charge in [0.1, 0.15) is 5.76 Å². The van der Waals surface area contributed by atoms with Gasteiger partial charge in [-0.2, -0.15) is 0 Å². The van der Waals surface area contributed by atoms with E-state index in [1.165, 1.54) is 29.7 Å². The molecule has 3 rings (SSSR count). The fourth-order valence-electron chi connectivity index (χ4n) is 2.87. The summed E-state index contributed by atoms with van der Waals surface area (Å²) in [6.45, 7) is 3.22. The summed E-state index contributed by atoms with van der Waals surface area (Å²) < 4.78 is 29.8. The second kappa shape index (κ2) is 8.52. The fraction of sp³-hybridized carbons (Fsp3) is 0.286. The quantitative estimate of drug-likeness (QED) is 0.569. The predicted octanol–water partition coefficient (Wildman–Crippen LogP) is 3.12. The lowest BCUT2D eigenvalue weighted by Crippen LogP contribution is -2.41. The summed E-state index contributed by atoms with van der Waals surface area (Å²) >= 11 is 1.37. The van der Waals surface area contributed by atoms with E-state index < -0.39 is 20.7 Å². The molecule has 0 fully saturated rings. The molecular weight excluding hydrogens is 410 g/mol. The number of hydrogen-bond acceptors (Lipinski definition) is 6. The summed E-state index contributed by atoms with van der Waals surface area (Å²) in [6.07, 6.45) is 1.54. The van der Waals surface area contributed by atoms with Crippen molar-refractivity contribution in [2.75, 3.05) is 6.54 Å². The minimum absolute atomic E-state index is 0.0420. The van der Waals surface area contributed by atoms with Crippen LogP contribution in [-0.2, 0) is 26.7 Å².